The molecule has 0 aromatic carbocycles. The molecule has 2 atom stereocenters. The Kier molecular flexibility index (Phi) is 24.5. The molecule has 0 nitrogen and oxygen atoms in total. The topological polar surface area (TPSA) is 0 Å². The number of thioether (sulfide) groups is 2. The van der Waals surface area contributed by atoms with Crippen LogP contribution in [0.25, 0.3) is 0 Å². The molecule has 0 aromatic rings. The Bertz CT molecular complexity index is 236. The quantitative estimate of drug-likeness (QED) is 0.0920. The monoisotopic (exact) mass is 564 g/mol. The molecule has 2 unspecified atom stereocenters. The minimum atomic E-state index is -2.49. The van der Waals surface area contributed by atoms with Gasteiger partial charge in [-0.15, -0.1) is 11.8 Å². The number of hydrogen-bond donors (Lipinski definition) is 3. The third-order valence-electron chi connectivity index (χ3n) is 2.82. The first kappa shape index (κ1) is 28.3. The second kappa shape index (κ2) is 19.9. The number of unbranched alkanes of at least 4 members (excludes halogenated alkanes) is 2. The Morgan fingerprint density at radius 1 is 1.00 bits per heavy atom. The summed E-state index contributed by atoms with van der Waals surface area (Å²) in [7, 11) is 12.5. The molecule has 0 fully saturated rings. The summed E-state index contributed by atoms with van der Waals surface area (Å²) in [5.41, 5.74) is 0. The maximum atomic E-state index is 6.27. The summed E-state index contributed by atoms with van der Waals surface area (Å²) < 4.78 is 2.74. The fraction of sp³-hybridized carbons (Fsp3) is 1.00. The molecule has 0 aliphatic rings. The van der Waals surface area contributed by atoms with E-state index in [9.17, 15) is 0 Å². The van der Waals surface area contributed by atoms with Gasteiger partial charge < -0.3 is 0 Å². The molecule has 0 rings (SSSR count). The van der Waals surface area contributed by atoms with Crippen molar-refractivity contribution in [2.45, 2.75) is 65.2 Å². The second-order valence-corrected chi connectivity index (χ2v) is 28.9. The first-order valence-corrected chi connectivity index (χ1v) is 23.5. The SMILES string of the molecule is CC(S)CSC(S)CSCCS.CCC[CH2][Sn]([Cl])([Cl])[CH2]CCC. The molecule has 0 radical (unpaired) electrons. The zero-order valence-corrected chi connectivity index (χ0v) is 23.3. The Hall–Kier alpha value is 3.13. The Morgan fingerprint density at radius 2 is 1.52 bits per heavy atom. The van der Waals surface area contributed by atoms with Gasteiger partial charge in [-0.05, 0) is 5.75 Å². The molecule has 0 spiro atoms. The molecular formula is C15H34Cl2S5Sn. The van der Waals surface area contributed by atoms with Crippen molar-refractivity contribution in [3.63, 3.8) is 0 Å². The summed E-state index contributed by atoms with van der Waals surface area (Å²) in [6.07, 6.45) is 4.91. The zero-order valence-electron chi connectivity index (χ0n) is 14.6. The van der Waals surface area contributed by atoms with Gasteiger partial charge in [0.1, 0.15) is 0 Å². The van der Waals surface area contributed by atoms with Crippen LogP contribution in [0.2, 0.25) is 8.87 Å². The van der Waals surface area contributed by atoms with Gasteiger partial charge in [0, 0.05) is 22.5 Å². The summed E-state index contributed by atoms with van der Waals surface area (Å²) in [5.74, 6) is 4.27. The van der Waals surface area contributed by atoms with Crippen LogP contribution in [0.3, 0.4) is 0 Å². The van der Waals surface area contributed by atoms with E-state index in [0.717, 1.165) is 31.9 Å². The van der Waals surface area contributed by atoms with Crippen LogP contribution in [0.15, 0.2) is 0 Å². The predicted molar refractivity (Wildman–Crippen MR) is 132 cm³/mol. The molecule has 0 saturated heterocycles. The van der Waals surface area contributed by atoms with Gasteiger partial charge >= 0.3 is 82.4 Å². The Morgan fingerprint density at radius 3 is 1.91 bits per heavy atom. The van der Waals surface area contributed by atoms with Crippen molar-refractivity contribution >= 4 is 95.4 Å². The molecule has 23 heavy (non-hydrogen) atoms. The van der Waals surface area contributed by atoms with Crippen LogP contribution >= 0.6 is 79.3 Å². The molecule has 0 aliphatic heterocycles. The molecular weight excluding hydrogens is 530 g/mol. The van der Waals surface area contributed by atoms with Crippen molar-refractivity contribution in [3.05, 3.63) is 0 Å². The van der Waals surface area contributed by atoms with Crippen LogP contribution in [-0.4, -0.2) is 49.0 Å². The van der Waals surface area contributed by atoms with Gasteiger partial charge in [-0.2, -0.15) is 49.6 Å². The molecule has 0 heterocycles. The average Bonchev–Trinajstić information content (AvgIpc) is 2.50. The average molecular weight is 564 g/mol. The van der Waals surface area contributed by atoms with Crippen molar-refractivity contribution in [2.24, 2.45) is 0 Å². The number of thiol groups is 3. The summed E-state index contributed by atoms with van der Waals surface area (Å²) in [4.78, 5) is 0. The normalized spacial score (nSPS) is 14.1. The summed E-state index contributed by atoms with van der Waals surface area (Å²) >= 11 is 14.2. The third-order valence-corrected chi connectivity index (χ3v) is 18.4. The minimum absolute atomic E-state index is 0.449. The number of rotatable bonds is 13. The van der Waals surface area contributed by atoms with Gasteiger partial charge in [0.05, 0.1) is 4.58 Å². The molecule has 0 saturated carbocycles. The van der Waals surface area contributed by atoms with Crippen LogP contribution in [0, 0.1) is 0 Å². The van der Waals surface area contributed by atoms with E-state index in [0.29, 0.717) is 9.83 Å². The van der Waals surface area contributed by atoms with Crippen LogP contribution in [0.5, 0.6) is 0 Å². The predicted octanol–water partition coefficient (Wildman–Crippen LogP) is 7.46. The number of hydrogen-bond acceptors (Lipinski definition) is 5. The Labute approximate surface area is 181 Å². The van der Waals surface area contributed by atoms with E-state index in [-0.39, 0.29) is 0 Å². The van der Waals surface area contributed by atoms with Crippen molar-refractivity contribution in [1.82, 2.24) is 0 Å². The molecule has 0 amide bonds. The van der Waals surface area contributed by atoms with Gasteiger partial charge in [-0.25, -0.2) is 0 Å². The molecule has 0 aromatic heterocycles. The fourth-order valence-corrected chi connectivity index (χ4v) is 13.7. The fourth-order valence-electron chi connectivity index (χ4n) is 1.54. The van der Waals surface area contributed by atoms with Gasteiger partial charge in [-0.1, -0.05) is 6.92 Å². The number of halogens is 2. The van der Waals surface area contributed by atoms with E-state index >= 15 is 0 Å². The van der Waals surface area contributed by atoms with Crippen LogP contribution in [-0.2, 0) is 0 Å². The molecule has 8 heteroatoms. The van der Waals surface area contributed by atoms with Crippen LogP contribution in [0.4, 0.5) is 0 Å². The molecule has 142 valence electrons. The standard InChI is InChI=1S/C7H16S5.2C4H9.2ClH.Sn/c1-6(9)4-12-7(10)5-11-3-2-8;2*1-3-4-2;;;/h6-10H,2-5H2,1H3;2*1,3-4H2,2H3;2*1H;/q;;;;;+2/p-2. The van der Waals surface area contributed by atoms with Gasteiger partial charge in [0.15, 0.2) is 0 Å². The van der Waals surface area contributed by atoms with Crippen molar-refractivity contribution in [2.75, 3.05) is 23.0 Å². The molecule has 0 aliphatic carbocycles. The second-order valence-electron chi connectivity index (χ2n) is 5.50. The van der Waals surface area contributed by atoms with E-state index in [4.69, 9.17) is 17.8 Å². The zero-order chi connectivity index (χ0) is 18.1. The Balaban J connectivity index is 0. The molecule has 0 N–H and O–H groups in total. The van der Waals surface area contributed by atoms with E-state index in [1.807, 2.05) is 23.5 Å². The summed E-state index contributed by atoms with van der Waals surface area (Å²) in [5, 5.41) is 0.472. The maximum absolute atomic E-state index is 6.27. The van der Waals surface area contributed by atoms with Crippen LogP contribution < -0.4 is 0 Å². The van der Waals surface area contributed by atoms with Crippen LogP contribution in [0.1, 0.15) is 46.5 Å². The van der Waals surface area contributed by atoms with E-state index in [2.05, 4.69) is 58.7 Å². The van der Waals surface area contributed by atoms with Gasteiger partial charge in [0.2, 0.25) is 0 Å². The van der Waals surface area contributed by atoms with Gasteiger partial charge in [-0.3, -0.25) is 0 Å². The van der Waals surface area contributed by atoms with Crippen molar-refractivity contribution in [3.8, 4) is 0 Å². The third kappa shape index (κ3) is 25.1. The van der Waals surface area contributed by atoms with E-state index < -0.39 is 16.1 Å². The first-order valence-electron chi connectivity index (χ1n) is 8.33. The van der Waals surface area contributed by atoms with Crippen molar-refractivity contribution < 1.29 is 0 Å². The van der Waals surface area contributed by atoms with E-state index in [1.165, 1.54) is 25.7 Å². The summed E-state index contributed by atoms with van der Waals surface area (Å²) in [6, 6.07) is 0. The van der Waals surface area contributed by atoms with E-state index in [1.54, 1.807) is 0 Å². The summed E-state index contributed by atoms with van der Waals surface area (Å²) in [6.45, 7) is 6.49. The first-order chi connectivity index (χ1) is 10.8. The van der Waals surface area contributed by atoms with Crippen molar-refractivity contribution in [1.29, 1.82) is 0 Å². The van der Waals surface area contributed by atoms with Gasteiger partial charge in [0.25, 0.3) is 0 Å². The molecule has 0 bridgehead atoms.